The number of likely N-dealkylation sites (tertiary alicyclic amines) is 1. The maximum atomic E-state index is 10.8. The lowest BCUT2D eigenvalue weighted by molar-refractivity contribution is -0.389. The van der Waals surface area contributed by atoms with E-state index in [0.717, 1.165) is 56.9 Å². The van der Waals surface area contributed by atoms with Gasteiger partial charge in [-0.05, 0) is 55.2 Å². The summed E-state index contributed by atoms with van der Waals surface area (Å²) in [5, 5.41) is 11.6. The van der Waals surface area contributed by atoms with Crippen molar-refractivity contribution in [2.45, 2.75) is 50.9 Å². The number of piperidine rings is 1. The lowest BCUT2D eigenvalue weighted by atomic mass is 10.0. The minimum Gasteiger partial charge on any atom is -0.436 e. The minimum absolute atomic E-state index is 0.166. The Morgan fingerprint density at radius 1 is 1.33 bits per heavy atom. The molecule has 1 aromatic carbocycles. The third kappa shape index (κ3) is 5.11. The van der Waals surface area contributed by atoms with Gasteiger partial charge in [0, 0.05) is 36.2 Å². The van der Waals surface area contributed by atoms with Crippen LogP contribution in [0.4, 0.5) is 5.82 Å². The first kappa shape index (κ1) is 21.1. The zero-order valence-electron chi connectivity index (χ0n) is 17.1. The van der Waals surface area contributed by atoms with Crippen molar-refractivity contribution in [3.05, 3.63) is 51.2 Å². The Hall–Kier alpha value is -2.16. The molecule has 2 aromatic rings. The molecule has 0 saturated carbocycles. The number of halogens is 1. The van der Waals surface area contributed by atoms with E-state index in [2.05, 4.69) is 22.0 Å². The summed E-state index contributed by atoms with van der Waals surface area (Å²) in [5.41, 5.74) is 0.872. The predicted octanol–water partition coefficient (Wildman–Crippen LogP) is 3.71. The number of nitro groups is 1. The van der Waals surface area contributed by atoms with Crippen molar-refractivity contribution in [2.75, 3.05) is 26.2 Å². The molecule has 4 rings (SSSR count). The number of hydrogen-bond acceptors (Lipinski definition) is 6. The van der Waals surface area contributed by atoms with E-state index in [1.807, 2.05) is 19.1 Å². The normalized spacial score (nSPS) is 22.1. The zero-order valence-corrected chi connectivity index (χ0v) is 17.9. The van der Waals surface area contributed by atoms with Crippen LogP contribution >= 0.6 is 11.6 Å². The molecule has 1 aromatic heterocycles. The van der Waals surface area contributed by atoms with Crippen LogP contribution in [0, 0.1) is 10.1 Å². The SMILES string of the molecule is CC1(CN2CCC(OCCCc3ccc(Cl)cc3)CC2)Cn2cc([N+](=O)[O-])nc2O1. The highest BCUT2D eigenvalue weighted by Crippen LogP contribution is 2.32. The van der Waals surface area contributed by atoms with E-state index in [1.54, 1.807) is 4.57 Å². The molecular formula is C21H27ClN4O4. The number of benzene rings is 1. The Morgan fingerprint density at radius 3 is 2.73 bits per heavy atom. The van der Waals surface area contributed by atoms with Crippen molar-refractivity contribution in [3.63, 3.8) is 0 Å². The molecule has 9 heteroatoms. The molecule has 0 N–H and O–H groups in total. The molecule has 1 unspecified atom stereocenters. The van der Waals surface area contributed by atoms with Crippen molar-refractivity contribution in [1.29, 1.82) is 0 Å². The second-order valence-corrected chi connectivity index (χ2v) is 8.83. The van der Waals surface area contributed by atoms with Gasteiger partial charge in [-0.1, -0.05) is 23.7 Å². The molecule has 30 heavy (non-hydrogen) atoms. The lowest BCUT2D eigenvalue weighted by Gasteiger charge is -2.36. The highest BCUT2D eigenvalue weighted by Gasteiger charge is 2.41. The smallest absolute Gasteiger partial charge is 0.415 e. The van der Waals surface area contributed by atoms with Gasteiger partial charge in [-0.2, -0.15) is 0 Å². The molecule has 2 aliphatic rings. The summed E-state index contributed by atoms with van der Waals surface area (Å²) in [6, 6.07) is 8.32. The van der Waals surface area contributed by atoms with Crippen LogP contribution < -0.4 is 4.74 Å². The van der Waals surface area contributed by atoms with Gasteiger partial charge in [0.15, 0.2) is 0 Å². The van der Waals surface area contributed by atoms with Gasteiger partial charge in [0.1, 0.15) is 11.8 Å². The van der Waals surface area contributed by atoms with Crippen molar-refractivity contribution < 1.29 is 14.4 Å². The van der Waals surface area contributed by atoms with Gasteiger partial charge >= 0.3 is 11.8 Å². The molecule has 3 heterocycles. The number of fused-ring (bicyclic) bond motifs is 1. The van der Waals surface area contributed by atoms with E-state index in [9.17, 15) is 10.1 Å². The number of imidazole rings is 1. The van der Waals surface area contributed by atoms with Crippen molar-refractivity contribution in [3.8, 4) is 6.01 Å². The molecule has 0 radical (unpaired) electrons. The van der Waals surface area contributed by atoms with Crippen molar-refractivity contribution in [1.82, 2.24) is 14.5 Å². The summed E-state index contributed by atoms with van der Waals surface area (Å²) in [4.78, 5) is 16.7. The average Bonchev–Trinajstić information content (AvgIpc) is 3.23. The average molecular weight is 435 g/mol. The van der Waals surface area contributed by atoms with E-state index in [-0.39, 0.29) is 5.82 Å². The van der Waals surface area contributed by atoms with Gasteiger partial charge in [0.05, 0.1) is 12.6 Å². The Bertz CT molecular complexity index is 854. The van der Waals surface area contributed by atoms with Gasteiger partial charge in [0.25, 0.3) is 0 Å². The summed E-state index contributed by atoms with van der Waals surface area (Å²) >= 11 is 5.92. The van der Waals surface area contributed by atoms with Crippen molar-refractivity contribution >= 4 is 17.4 Å². The zero-order chi connectivity index (χ0) is 21.1. The Balaban J connectivity index is 1.15. The molecule has 0 amide bonds. The van der Waals surface area contributed by atoms with Crippen LogP contribution in [-0.4, -0.2) is 57.3 Å². The van der Waals surface area contributed by atoms with Crippen molar-refractivity contribution in [2.24, 2.45) is 0 Å². The van der Waals surface area contributed by atoms with E-state index < -0.39 is 10.5 Å². The summed E-state index contributed by atoms with van der Waals surface area (Å²) in [5.74, 6) is -0.166. The number of hydrogen-bond donors (Lipinski definition) is 0. The highest BCUT2D eigenvalue weighted by molar-refractivity contribution is 6.30. The second-order valence-electron chi connectivity index (χ2n) is 8.39. The van der Waals surface area contributed by atoms with Gasteiger partial charge in [0.2, 0.25) is 0 Å². The summed E-state index contributed by atoms with van der Waals surface area (Å²) in [6.07, 6.45) is 5.77. The number of ether oxygens (including phenoxy) is 2. The second kappa shape index (κ2) is 8.91. The van der Waals surface area contributed by atoms with Crippen LogP contribution in [0.5, 0.6) is 6.01 Å². The fourth-order valence-corrected chi connectivity index (χ4v) is 4.37. The maximum Gasteiger partial charge on any atom is 0.415 e. The van der Waals surface area contributed by atoms with Gasteiger partial charge < -0.3 is 19.6 Å². The van der Waals surface area contributed by atoms with E-state index in [4.69, 9.17) is 21.1 Å². The maximum absolute atomic E-state index is 10.8. The summed E-state index contributed by atoms with van der Waals surface area (Å²) in [7, 11) is 0. The minimum atomic E-state index is -0.494. The quantitative estimate of drug-likeness (QED) is 0.358. The Kier molecular flexibility index (Phi) is 6.26. The summed E-state index contributed by atoms with van der Waals surface area (Å²) < 4.78 is 13.8. The molecule has 0 aliphatic carbocycles. The third-order valence-electron chi connectivity index (χ3n) is 5.73. The molecular weight excluding hydrogens is 408 g/mol. The molecule has 2 aliphatic heterocycles. The lowest BCUT2D eigenvalue weighted by Crippen LogP contribution is -2.48. The Morgan fingerprint density at radius 2 is 2.07 bits per heavy atom. The largest absolute Gasteiger partial charge is 0.436 e. The van der Waals surface area contributed by atoms with Crippen LogP contribution in [0.1, 0.15) is 31.7 Å². The molecule has 1 saturated heterocycles. The fraction of sp³-hybridized carbons (Fsp3) is 0.571. The standard InChI is InChI=1S/C21H27ClN4O4/c1-21(15-25-13-19(26(27)28)23-20(25)30-21)14-24-10-8-18(9-11-24)29-12-2-3-16-4-6-17(22)7-5-16/h4-7,13,18H,2-3,8-12,14-15H2,1H3. The van der Waals surface area contributed by atoms with Gasteiger partial charge in [-0.3, -0.25) is 9.47 Å². The molecule has 8 nitrogen and oxygen atoms in total. The van der Waals surface area contributed by atoms with Crippen LogP contribution in [0.3, 0.4) is 0 Å². The summed E-state index contributed by atoms with van der Waals surface area (Å²) in [6.45, 7) is 6.07. The number of aryl methyl sites for hydroxylation is 1. The predicted molar refractivity (Wildman–Crippen MR) is 113 cm³/mol. The topological polar surface area (TPSA) is 82.7 Å². The van der Waals surface area contributed by atoms with E-state index in [0.29, 0.717) is 18.7 Å². The Labute approximate surface area is 180 Å². The number of aromatic nitrogens is 2. The molecule has 0 spiro atoms. The van der Waals surface area contributed by atoms with Crippen LogP contribution in [0.2, 0.25) is 5.02 Å². The number of rotatable bonds is 8. The third-order valence-corrected chi connectivity index (χ3v) is 5.98. The highest BCUT2D eigenvalue weighted by atomic mass is 35.5. The molecule has 0 bridgehead atoms. The fourth-order valence-electron chi connectivity index (χ4n) is 4.25. The molecule has 1 fully saturated rings. The first-order chi connectivity index (χ1) is 14.4. The monoisotopic (exact) mass is 434 g/mol. The molecule has 1 atom stereocenters. The number of nitrogens with zero attached hydrogens (tertiary/aromatic N) is 4. The molecule has 162 valence electrons. The van der Waals surface area contributed by atoms with Crippen LogP contribution in [0.25, 0.3) is 0 Å². The van der Waals surface area contributed by atoms with E-state index >= 15 is 0 Å². The van der Waals surface area contributed by atoms with Gasteiger partial charge in [-0.15, -0.1) is 0 Å². The first-order valence-corrected chi connectivity index (χ1v) is 10.8. The van der Waals surface area contributed by atoms with Crippen LogP contribution in [0.15, 0.2) is 30.5 Å². The van der Waals surface area contributed by atoms with Gasteiger partial charge in [-0.25, -0.2) is 0 Å². The van der Waals surface area contributed by atoms with E-state index in [1.165, 1.54) is 11.8 Å². The van der Waals surface area contributed by atoms with Crippen LogP contribution in [-0.2, 0) is 17.7 Å². The first-order valence-electron chi connectivity index (χ1n) is 10.4.